The van der Waals surface area contributed by atoms with Crippen LogP contribution in [-0.4, -0.2) is 15.2 Å². The quantitative estimate of drug-likeness (QED) is 0.892. The lowest BCUT2D eigenvalue weighted by Crippen LogP contribution is -1.94. The van der Waals surface area contributed by atoms with Crippen molar-refractivity contribution < 1.29 is 0 Å². The Morgan fingerprint density at radius 2 is 2.20 bits per heavy atom. The third-order valence-electron chi connectivity index (χ3n) is 2.09. The summed E-state index contributed by atoms with van der Waals surface area (Å²) in [6.07, 6.45) is 1.74. The molecule has 1 aromatic carbocycles. The molecular formula is C10H11BrN4. The predicted octanol–water partition coefficient (Wildman–Crippen LogP) is 1.93. The summed E-state index contributed by atoms with van der Waals surface area (Å²) in [6, 6.07) is 8.22. The first-order valence-corrected chi connectivity index (χ1v) is 5.44. The lowest BCUT2D eigenvalue weighted by Gasteiger charge is -1.99. The van der Waals surface area contributed by atoms with Crippen LogP contribution in [0.4, 0.5) is 5.95 Å². The summed E-state index contributed by atoms with van der Waals surface area (Å²) < 4.78 is 1.09. The minimum atomic E-state index is 0.305. The van der Waals surface area contributed by atoms with E-state index in [4.69, 9.17) is 5.73 Å². The molecule has 0 aliphatic heterocycles. The molecule has 0 spiro atoms. The van der Waals surface area contributed by atoms with Crippen LogP contribution >= 0.6 is 15.9 Å². The van der Waals surface area contributed by atoms with Crippen molar-refractivity contribution in [3.8, 4) is 0 Å². The van der Waals surface area contributed by atoms with Crippen molar-refractivity contribution in [1.82, 2.24) is 15.2 Å². The van der Waals surface area contributed by atoms with E-state index < -0.39 is 0 Å². The van der Waals surface area contributed by atoms with Gasteiger partial charge in [-0.25, -0.2) is 0 Å². The average Bonchev–Trinajstić information content (AvgIpc) is 2.62. The van der Waals surface area contributed by atoms with E-state index in [1.165, 1.54) is 5.56 Å². The topological polar surface area (TPSA) is 67.6 Å². The number of rotatable bonds is 3. The molecule has 0 unspecified atom stereocenters. The Balaban J connectivity index is 1.99. The van der Waals surface area contributed by atoms with Gasteiger partial charge in [-0.05, 0) is 24.1 Å². The van der Waals surface area contributed by atoms with Crippen LogP contribution in [0.5, 0.6) is 0 Å². The molecule has 0 atom stereocenters. The maximum Gasteiger partial charge on any atom is 0.239 e. The maximum atomic E-state index is 5.41. The third-order valence-corrected chi connectivity index (χ3v) is 2.58. The Morgan fingerprint density at radius 3 is 2.87 bits per heavy atom. The van der Waals surface area contributed by atoms with Gasteiger partial charge in [0.25, 0.3) is 0 Å². The molecule has 1 aromatic heterocycles. The van der Waals surface area contributed by atoms with E-state index in [0.717, 1.165) is 23.1 Å². The Bertz CT molecular complexity index is 452. The van der Waals surface area contributed by atoms with Gasteiger partial charge in [0.1, 0.15) is 5.82 Å². The number of nitrogens with zero attached hydrogens (tertiary/aromatic N) is 2. The number of nitrogens with two attached hydrogens (primary N) is 1. The highest BCUT2D eigenvalue weighted by Gasteiger charge is 2.00. The summed E-state index contributed by atoms with van der Waals surface area (Å²) in [7, 11) is 0. The lowest BCUT2D eigenvalue weighted by molar-refractivity contribution is 0.864. The van der Waals surface area contributed by atoms with E-state index in [0.29, 0.717) is 5.95 Å². The van der Waals surface area contributed by atoms with Crippen molar-refractivity contribution in [3.63, 3.8) is 0 Å². The van der Waals surface area contributed by atoms with Crippen molar-refractivity contribution >= 4 is 21.9 Å². The molecule has 0 saturated carbocycles. The van der Waals surface area contributed by atoms with Gasteiger partial charge in [-0.1, -0.05) is 28.1 Å². The Kier molecular flexibility index (Phi) is 3.01. The Hall–Kier alpha value is -1.36. The highest BCUT2D eigenvalue weighted by Crippen LogP contribution is 2.13. The van der Waals surface area contributed by atoms with Gasteiger partial charge < -0.3 is 5.73 Å². The van der Waals surface area contributed by atoms with Gasteiger partial charge in [-0.15, -0.1) is 5.10 Å². The van der Waals surface area contributed by atoms with Crippen molar-refractivity contribution in [2.75, 3.05) is 5.73 Å². The van der Waals surface area contributed by atoms with Crippen molar-refractivity contribution in [2.24, 2.45) is 0 Å². The first-order valence-electron chi connectivity index (χ1n) is 4.65. The molecule has 0 fully saturated rings. The van der Waals surface area contributed by atoms with E-state index in [2.05, 4.69) is 43.2 Å². The second-order valence-electron chi connectivity index (χ2n) is 3.27. The first kappa shape index (κ1) is 10.2. The summed E-state index contributed by atoms with van der Waals surface area (Å²) >= 11 is 3.44. The van der Waals surface area contributed by atoms with Crippen LogP contribution in [0.1, 0.15) is 11.4 Å². The van der Waals surface area contributed by atoms with Crippen molar-refractivity contribution in [3.05, 3.63) is 40.1 Å². The third kappa shape index (κ3) is 2.79. The lowest BCUT2D eigenvalue weighted by atomic mass is 10.1. The highest BCUT2D eigenvalue weighted by molar-refractivity contribution is 9.10. The molecule has 0 saturated heterocycles. The summed E-state index contributed by atoms with van der Waals surface area (Å²) in [5.41, 5.74) is 6.67. The first-order chi connectivity index (χ1) is 7.24. The minimum absolute atomic E-state index is 0.305. The number of nitrogen functional groups attached to an aromatic ring is 1. The van der Waals surface area contributed by atoms with Gasteiger partial charge >= 0.3 is 0 Å². The highest BCUT2D eigenvalue weighted by atomic mass is 79.9. The number of H-pyrrole nitrogens is 1. The van der Waals surface area contributed by atoms with Crippen molar-refractivity contribution in [2.45, 2.75) is 12.8 Å². The van der Waals surface area contributed by atoms with Gasteiger partial charge in [-0.2, -0.15) is 4.98 Å². The van der Waals surface area contributed by atoms with Crippen LogP contribution in [0.2, 0.25) is 0 Å². The van der Waals surface area contributed by atoms with E-state index >= 15 is 0 Å². The largest absolute Gasteiger partial charge is 0.367 e. The molecular weight excluding hydrogens is 256 g/mol. The molecule has 1 heterocycles. The molecule has 0 amide bonds. The number of anilines is 1. The zero-order valence-corrected chi connectivity index (χ0v) is 9.66. The molecule has 2 rings (SSSR count). The molecule has 0 radical (unpaired) electrons. The standard InChI is InChI=1S/C10H11BrN4/c11-8-3-1-2-7(6-8)4-5-9-13-10(12)15-14-9/h1-3,6H,4-5H2,(H3,12,13,14,15). The van der Waals surface area contributed by atoms with Gasteiger partial charge in [-0.3, -0.25) is 5.10 Å². The van der Waals surface area contributed by atoms with Crippen molar-refractivity contribution in [1.29, 1.82) is 0 Å². The fourth-order valence-corrected chi connectivity index (χ4v) is 1.82. The van der Waals surface area contributed by atoms with Gasteiger partial charge in [0.15, 0.2) is 0 Å². The SMILES string of the molecule is Nc1n[nH]c(CCc2cccc(Br)c2)n1. The van der Waals surface area contributed by atoms with E-state index in [1.807, 2.05) is 12.1 Å². The molecule has 4 nitrogen and oxygen atoms in total. The Morgan fingerprint density at radius 1 is 1.33 bits per heavy atom. The summed E-state index contributed by atoms with van der Waals surface area (Å²) in [6.45, 7) is 0. The average molecular weight is 267 g/mol. The summed E-state index contributed by atoms with van der Waals surface area (Å²) in [5, 5.41) is 6.57. The number of benzene rings is 1. The number of aromatic nitrogens is 3. The maximum absolute atomic E-state index is 5.41. The Labute approximate surface area is 96.0 Å². The molecule has 5 heteroatoms. The van der Waals surface area contributed by atoms with Gasteiger partial charge in [0, 0.05) is 10.9 Å². The predicted molar refractivity (Wildman–Crippen MR) is 62.3 cm³/mol. The van der Waals surface area contributed by atoms with Crippen LogP contribution in [0.3, 0.4) is 0 Å². The van der Waals surface area contributed by atoms with E-state index in [-0.39, 0.29) is 0 Å². The minimum Gasteiger partial charge on any atom is -0.367 e. The molecule has 78 valence electrons. The zero-order chi connectivity index (χ0) is 10.7. The molecule has 3 N–H and O–H groups in total. The molecule has 2 aromatic rings. The van der Waals surface area contributed by atoms with Crippen LogP contribution in [-0.2, 0) is 12.8 Å². The smallest absolute Gasteiger partial charge is 0.239 e. The number of hydrogen-bond acceptors (Lipinski definition) is 3. The fourth-order valence-electron chi connectivity index (χ4n) is 1.38. The molecule has 15 heavy (non-hydrogen) atoms. The van der Waals surface area contributed by atoms with Crippen LogP contribution in [0.25, 0.3) is 0 Å². The van der Waals surface area contributed by atoms with E-state index in [1.54, 1.807) is 0 Å². The monoisotopic (exact) mass is 266 g/mol. The molecule has 0 aliphatic carbocycles. The fraction of sp³-hybridized carbons (Fsp3) is 0.200. The van der Waals surface area contributed by atoms with Crippen LogP contribution in [0, 0.1) is 0 Å². The van der Waals surface area contributed by atoms with Crippen LogP contribution in [0.15, 0.2) is 28.7 Å². The molecule has 0 bridgehead atoms. The van der Waals surface area contributed by atoms with E-state index in [9.17, 15) is 0 Å². The second kappa shape index (κ2) is 4.44. The normalized spacial score (nSPS) is 10.5. The number of hydrogen-bond donors (Lipinski definition) is 2. The summed E-state index contributed by atoms with van der Waals surface area (Å²) in [4.78, 5) is 4.05. The number of aromatic amines is 1. The zero-order valence-electron chi connectivity index (χ0n) is 8.07. The van der Waals surface area contributed by atoms with Gasteiger partial charge in [0.05, 0.1) is 0 Å². The van der Waals surface area contributed by atoms with Crippen LogP contribution < -0.4 is 5.73 Å². The number of nitrogens with one attached hydrogen (secondary N) is 1. The molecule has 0 aliphatic rings. The number of aryl methyl sites for hydroxylation is 2. The summed E-state index contributed by atoms with van der Waals surface area (Å²) in [5.74, 6) is 1.13. The van der Waals surface area contributed by atoms with Gasteiger partial charge in [0.2, 0.25) is 5.95 Å². The number of halogens is 1. The second-order valence-corrected chi connectivity index (χ2v) is 4.19.